The Hall–Kier alpha value is 1.91. The molecule has 0 aromatic rings. The van der Waals surface area contributed by atoms with Crippen molar-refractivity contribution in [3.8, 4) is 0 Å². The van der Waals surface area contributed by atoms with Gasteiger partial charge in [0.2, 0.25) is 0 Å². The van der Waals surface area contributed by atoms with Crippen molar-refractivity contribution in [2.24, 2.45) is 0 Å². The van der Waals surface area contributed by atoms with Gasteiger partial charge in [-0.15, -0.1) is 0 Å². The molecule has 0 aromatic heterocycles. The Morgan fingerprint density at radius 2 is 1.25 bits per heavy atom. The molecule has 0 amide bonds. The molecule has 0 bridgehead atoms. The van der Waals surface area contributed by atoms with E-state index in [1.54, 1.807) is 0 Å². The molecule has 0 spiro atoms. The Bertz CT molecular complexity index is 8.00. The van der Waals surface area contributed by atoms with Crippen LogP contribution >= 0.6 is 8.02 Å². The van der Waals surface area contributed by atoms with Gasteiger partial charge in [-0.05, 0) is 8.02 Å². The van der Waals surface area contributed by atoms with E-state index in [1.165, 1.54) is 0 Å². The first-order valence-electron chi connectivity index (χ1n) is 0.204. The molecule has 4 heteroatoms. The molecule has 4 heavy (non-hydrogen) atoms. The second-order valence-corrected chi connectivity index (χ2v) is 0. The van der Waals surface area contributed by atoms with Crippen LogP contribution in [-0.4, -0.2) is 25.8 Å². The average molecular weight is 245 g/mol. The van der Waals surface area contributed by atoms with E-state index in [-0.39, 0.29) is 42.9 Å². The Kier molecular flexibility index (Phi) is 86.6. The van der Waals surface area contributed by atoms with Crippen molar-refractivity contribution in [2.45, 2.75) is 0 Å². The standard InChI is InChI=1S/Cu.In.HPS.3H/c;;1-2;;;/h;;1H;;;. The summed E-state index contributed by atoms with van der Waals surface area (Å²) < 4.78 is 0. The third-order valence-electron chi connectivity index (χ3n) is 0. The predicted molar refractivity (Wildman–Crippen MR) is 25.6 cm³/mol. The van der Waals surface area contributed by atoms with Crippen LogP contribution in [0.4, 0.5) is 0 Å². The van der Waals surface area contributed by atoms with Crippen molar-refractivity contribution in [3.63, 3.8) is 0 Å². The van der Waals surface area contributed by atoms with Crippen molar-refractivity contribution in [3.05, 3.63) is 0 Å². The van der Waals surface area contributed by atoms with Crippen LogP contribution < -0.4 is 0 Å². The molecule has 0 aromatic carbocycles. The Morgan fingerprint density at radius 3 is 1.25 bits per heavy atom. The minimum atomic E-state index is 0. The number of hydrogen-bond donors (Lipinski definition) is 0. The van der Waals surface area contributed by atoms with Crippen LogP contribution in [0.15, 0.2) is 0 Å². The summed E-state index contributed by atoms with van der Waals surface area (Å²) >= 11 is 3.89. The molecular weight excluding hydrogens is 241 g/mol. The van der Waals surface area contributed by atoms with Crippen LogP contribution in [0.25, 0.3) is 0 Å². The molecule has 0 saturated carbocycles. The van der Waals surface area contributed by atoms with Gasteiger partial charge in [0, 0.05) is 17.1 Å². The second-order valence-electron chi connectivity index (χ2n) is 0. The maximum absolute atomic E-state index is 3.89. The first-order valence-corrected chi connectivity index (χ1v) is 1.84. The molecule has 0 saturated heterocycles. The van der Waals surface area contributed by atoms with Gasteiger partial charge in [0.25, 0.3) is 0 Å². The van der Waals surface area contributed by atoms with Gasteiger partial charge in [0.05, 0.1) is 0 Å². The maximum atomic E-state index is 3.89. The fourth-order valence-electron chi connectivity index (χ4n) is 0. The Labute approximate surface area is 62.2 Å². The molecule has 1 radical (unpaired) electrons. The molecule has 29 valence electrons. The van der Waals surface area contributed by atoms with Gasteiger partial charge in [-0.1, -0.05) is 11.8 Å². The fraction of sp³-hybridized carbons (Fsp3) is 0. The summed E-state index contributed by atoms with van der Waals surface area (Å²) in [7, 11) is 2.56. The van der Waals surface area contributed by atoms with Crippen molar-refractivity contribution in [1.29, 1.82) is 0 Å². The van der Waals surface area contributed by atoms with Gasteiger partial charge >= 0.3 is 25.8 Å². The molecule has 0 aliphatic heterocycles. The first-order chi connectivity index (χ1) is 1.00. The van der Waals surface area contributed by atoms with E-state index < -0.39 is 0 Å². The fourth-order valence-corrected chi connectivity index (χ4v) is 0. The normalized spacial score (nSPS) is 1.00. The molecule has 0 unspecified atom stereocenters. The van der Waals surface area contributed by atoms with E-state index in [0.717, 1.165) is 0 Å². The Morgan fingerprint density at radius 1 is 1.25 bits per heavy atom. The molecule has 0 aliphatic carbocycles. The topological polar surface area (TPSA) is 0 Å². The Balaban J connectivity index is -0.00000000500. The molecule has 0 atom stereocenters. The van der Waals surface area contributed by atoms with Crippen LogP contribution in [0.3, 0.4) is 0 Å². The molecule has 0 nitrogen and oxygen atoms in total. The molecule has 0 heterocycles. The molecule has 0 rings (SSSR count). The van der Waals surface area contributed by atoms with Crippen LogP contribution in [0.5, 0.6) is 0 Å². The van der Waals surface area contributed by atoms with Crippen LogP contribution in [-0.2, 0) is 28.9 Å². The average Bonchev–Trinajstić information content (AvgIpc) is 1.00. The summed E-state index contributed by atoms with van der Waals surface area (Å²) in [6, 6.07) is 0. The summed E-state index contributed by atoms with van der Waals surface area (Å²) in [5, 5.41) is 0. The zero-order valence-electron chi connectivity index (χ0n) is 1.21. The van der Waals surface area contributed by atoms with Gasteiger partial charge in [-0.3, -0.25) is 0 Å². The number of hydrogen-bond acceptors (Lipinski definition) is 1. The van der Waals surface area contributed by atoms with Crippen LogP contribution in [0, 0.1) is 0 Å². The van der Waals surface area contributed by atoms with E-state index in [0.29, 0.717) is 0 Å². The van der Waals surface area contributed by atoms with Gasteiger partial charge in [-0.2, -0.15) is 0 Å². The molecule has 0 aliphatic rings. The third kappa shape index (κ3) is 9.08. The summed E-state index contributed by atoms with van der Waals surface area (Å²) in [5.41, 5.74) is 0. The number of rotatable bonds is 0. The second kappa shape index (κ2) is 20.6. The van der Waals surface area contributed by atoms with E-state index in [2.05, 4.69) is 19.8 Å². The van der Waals surface area contributed by atoms with Crippen molar-refractivity contribution >= 4 is 45.7 Å². The summed E-state index contributed by atoms with van der Waals surface area (Å²) in [4.78, 5) is 0. The van der Waals surface area contributed by atoms with E-state index in [9.17, 15) is 0 Å². The summed E-state index contributed by atoms with van der Waals surface area (Å²) in [6.07, 6.45) is 0. The van der Waals surface area contributed by atoms with Crippen molar-refractivity contribution < 1.29 is 17.1 Å². The minimum absolute atomic E-state index is 0. The summed E-state index contributed by atoms with van der Waals surface area (Å²) in [6.45, 7) is 0. The zero-order chi connectivity index (χ0) is 2.00. The third-order valence-corrected chi connectivity index (χ3v) is 0. The van der Waals surface area contributed by atoms with Crippen LogP contribution in [0.1, 0.15) is 0 Å². The van der Waals surface area contributed by atoms with Gasteiger partial charge < -0.3 is 0 Å². The van der Waals surface area contributed by atoms with Gasteiger partial charge in [0.1, 0.15) is 0 Å². The quantitative estimate of drug-likeness (QED) is 0.406. The monoisotopic (exact) mass is 245 g/mol. The predicted octanol–water partition coefficient (Wildman–Crippen LogP) is -0.595. The SMILES string of the molecule is P=S.[Cu].[InH3]. The van der Waals surface area contributed by atoms with E-state index in [4.69, 9.17) is 0 Å². The van der Waals surface area contributed by atoms with Crippen molar-refractivity contribution in [1.82, 2.24) is 0 Å². The zero-order valence-corrected chi connectivity index (χ0v) is 3.97. The summed E-state index contributed by atoms with van der Waals surface area (Å²) in [5.74, 6) is 0. The van der Waals surface area contributed by atoms with Crippen LogP contribution in [0.2, 0.25) is 0 Å². The molecular formula is H4CuInPS. The van der Waals surface area contributed by atoms with Gasteiger partial charge in [0.15, 0.2) is 0 Å². The van der Waals surface area contributed by atoms with Gasteiger partial charge in [-0.25, -0.2) is 0 Å². The molecule has 0 N–H and O–H groups in total. The first kappa shape index (κ1) is 16.8. The van der Waals surface area contributed by atoms with Crippen molar-refractivity contribution in [2.75, 3.05) is 0 Å². The molecule has 0 fully saturated rings. The van der Waals surface area contributed by atoms with E-state index in [1.807, 2.05) is 0 Å². The van der Waals surface area contributed by atoms with E-state index >= 15 is 0 Å².